The van der Waals surface area contributed by atoms with E-state index in [1.807, 2.05) is 0 Å². The fourth-order valence-electron chi connectivity index (χ4n) is 4.40. The number of likely N-dealkylation sites (tertiary alicyclic amines) is 1. The van der Waals surface area contributed by atoms with Crippen molar-refractivity contribution in [3.05, 3.63) is 0 Å². The molecule has 0 spiro atoms. The Kier molecular flexibility index (Phi) is 3.14. The van der Waals surface area contributed by atoms with E-state index in [9.17, 15) is 4.79 Å². The highest BCUT2D eigenvalue weighted by Crippen LogP contribution is 2.49. The molecule has 0 radical (unpaired) electrons. The van der Waals surface area contributed by atoms with E-state index in [-0.39, 0.29) is 0 Å². The number of carbonyl (C=O) groups excluding carboxylic acids is 1. The van der Waals surface area contributed by atoms with Crippen LogP contribution in [0, 0.1) is 23.7 Å². The molecule has 1 saturated heterocycles. The van der Waals surface area contributed by atoms with Gasteiger partial charge in [0.1, 0.15) is 0 Å². The van der Waals surface area contributed by atoms with Gasteiger partial charge in [0.15, 0.2) is 0 Å². The van der Waals surface area contributed by atoms with Gasteiger partial charge in [-0.05, 0) is 55.8 Å². The molecule has 1 aliphatic heterocycles. The molecule has 2 bridgehead atoms. The highest BCUT2D eigenvalue weighted by Gasteiger charge is 2.40. The van der Waals surface area contributed by atoms with Crippen LogP contribution in [-0.2, 0) is 4.79 Å². The summed E-state index contributed by atoms with van der Waals surface area (Å²) in [6.45, 7) is 4.31. The molecule has 17 heavy (non-hydrogen) atoms. The van der Waals surface area contributed by atoms with Gasteiger partial charge < -0.3 is 4.90 Å². The van der Waals surface area contributed by atoms with Crippen LogP contribution in [0.25, 0.3) is 0 Å². The van der Waals surface area contributed by atoms with E-state index < -0.39 is 0 Å². The molecule has 0 aromatic heterocycles. The van der Waals surface area contributed by atoms with Crippen molar-refractivity contribution in [2.45, 2.75) is 51.9 Å². The highest BCUT2D eigenvalue weighted by molar-refractivity contribution is 5.76. The van der Waals surface area contributed by atoms with E-state index in [2.05, 4.69) is 11.8 Å². The van der Waals surface area contributed by atoms with E-state index in [0.717, 1.165) is 37.3 Å². The second-order valence-electron chi connectivity index (χ2n) is 6.73. The zero-order chi connectivity index (χ0) is 11.8. The summed E-state index contributed by atoms with van der Waals surface area (Å²) in [6.07, 6.45) is 8.98. The highest BCUT2D eigenvalue weighted by atomic mass is 16.2. The molecule has 0 N–H and O–H groups in total. The first-order valence-electron chi connectivity index (χ1n) is 7.50. The van der Waals surface area contributed by atoms with Gasteiger partial charge in [-0.25, -0.2) is 0 Å². The molecule has 0 unspecified atom stereocenters. The van der Waals surface area contributed by atoms with Gasteiger partial charge in [0.25, 0.3) is 0 Å². The van der Waals surface area contributed by atoms with E-state index in [1.54, 1.807) is 0 Å². The smallest absolute Gasteiger partial charge is 0.222 e. The van der Waals surface area contributed by atoms with Crippen molar-refractivity contribution in [3.8, 4) is 0 Å². The van der Waals surface area contributed by atoms with Crippen LogP contribution in [-0.4, -0.2) is 23.9 Å². The quantitative estimate of drug-likeness (QED) is 0.720. The first kappa shape index (κ1) is 11.6. The molecule has 0 aromatic rings. The fourth-order valence-corrected chi connectivity index (χ4v) is 4.40. The number of amides is 1. The van der Waals surface area contributed by atoms with E-state index in [4.69, 9.17) is 0 Å². The first-order chi connectivity index (χ1) is 8.22. The van der Waals surface area contributed by atoms with Gasteiger partial charge in [-0.1, -0.05) is 13.3 Å². The first-order valence-corrected chi connectivity index (χ1v) is 7.50. The van der Waals surface area contributed by atoms with Gasteiger partial charge in [0, 0.05) is 19.5 Å². The molecule has 3 aliphatic rings. The maximum absolute atomic E-state index is 12.3. The van der Waals surface area contributed by atoms with Gasteiger partial charge in [0.2, 0.25) is 5.91 Å². The average Bonchev–Trinajstić information content (AvgIpc) is 2.91. The molecule has 2 saturated carbocycles. The van der Waals surface area contributed by atoms with Gasteiger partial charge in [0.05, 0.1) is 0 Å². The van der Waals surface area contributed by atoms with Crippen LogP contribution >= 0.6 is 0 Å². The Balaban J connectivity index is 1.53. The Morgan fingerprint density at radius 1 is 1.24 bits per heavy atom. The SMILES string of the molecule is C[C@@H]1CCCN(C(=O)C[C@H]2C[C@H]3CC[C@H]2C3)C1. The van der Waals surface area contributed by atoms with Gasteiger partial charge in [-0.3, -0.25) is 4.79 Å². The van der Waals surface area contributed by atoms with Crippen molar-refractivity contribution in [1.82, 2.24) is 4.90 Å². The summed E-state index contributed by atoms with van der Waals surface area (Å²) in [5.74, 6) is 3.77. The Hall–Kier alpha value is -0.530. The maximum atomic E-state index is 12.3. The van der Waals surface area contributed by atoms with Crippen molar-refractivity contribution >= 4 is 5.91 Å². The molecule has 2 heteroatoms. The molecule has 2 nitrogen and oxygen atoms in total. The van der Waals surface area contributed by atoms with Crippen molar-refractivity contribution < 1.29 is 4.79 Å². The van der Waals surface area contributed by atoms with Gasteiger partial charge in [-0.15, -0.1) is 0 Å². The normalized spacial score (nSPS) is 40.9. The largest absolute Gasteiger partial charge is 0.342 e. The molecule has 3 fully saturated rings. The molecule has 2 aliphatic carbocycles. The Morgan fingerprint density at radius 3 is 2.76 bits per heavy atom. The van der Waals surface area contributed by atoms with E-state index in [1.165, 1.54) is 38.5 Å². The second-order valence-corrected chi connectivity index (χ2v) is 6.73. The van der Waals surface area contributed by atoms with Crippen LogP contribution in [0.4, 0.5) is 0 Å². The number of hydrogen-bond donors (Lipinski definition) is 0. The van der Waals surface area contributed by atoms with Crippen LogP contribution in [0.5, 0.6) is 0 Å². The van der Waals surface area contributed by atoms with Crippen LogP contribution in [0.3, 0.4) is 0 Å². The molecule has 3 rings (SSSR count). The van der Waals surface area contributed by atoms with Crippen molar-refractivity contribution in [2.24, 2.45) is 23.7 Å². The van der Waals surface area contributed by atoms with Crippen molar-refractivity contribution in [1.29, 1.82) is 0 Å². The lowest BCUT2D eigenvalue weighted by molar-refractivity contribution is -0.134. The summed E-state index contributed by atoms with van der Waals surface area (Å²) in [5, 5.41) is 0. The molecule has 0 aromatic carbocycles. The minimum Gasteiger partial charge on any atom is -0.342 e. The molecule has 1 amide bonds. The Bertz CT molecular complexity index is 301. The zero-order valence-corrected chi connectivity index (χ0v) is 11.0. The summed E-state index contributed by atoms with van der Waals surface area (Å²) in [4.78, 5) is 14.4. The van der Waals surface area contributed by atoms with Crippen molar-refractivity contribution in [2.75, 3.05) is 13.1 Å². The third-order valence-electron chi connectivity index (χ3n) is 5.33. The number of fused-ring (bicyclic) bond motifs is 2. The third kappa shape index (κ3) is 2.36. The predicted molar refractivity (Wildman–Crippen MR) is 68.5 cm³/mol. The molecular weight excluding hydrogens is 210 g/mol. The zero-order valence-electron chi connectivity index (χ0n) is 11.0. The summed E-state index contributed by atoms with van der Waals surface area (Å²) in [5.41, 5.74) is 0. The standard InChI is InChI=1S/C15H25NO/c1-11-3-2-6-16(10-11)15(17)9-14-8-12-4-5-13(14)7-12/h11-14H,2-10H2,1H3/t11-,12+,13+,14-/m1/s1. The van der Waals surface area contributed by atoms with Gasteiger partial charge in [-0.2, -0.15) is 0 Å². The maximum Gasteiger partial charge on any atom is 0.222 e. The summed E-state index contributed by atoms with van der Waals surface area (Å²) < 4.78 is 0. The minimum absolute atomic E-state index is 0.453. The number of rotatable bonds is 2. The minimum atomic E-state index is 0.453. The number of carbonyl (C=O) groups is 1. The number of hydrogen-bond acceptors (Lipinski definition) is 1. The van der Waals surface area contributed by atoms with Crippen molar-refractivity contribution in [3.63, 3.8) is 0 Å². The monoisotopic (exact) mass is 235 g/mol. The summed E-state index contributed by atoms with van der Waals surface area (Å²) >= 11 is 0. The van der Waals surface area contributed by atoms with Crippen LogP contribution < -0.4 is 0 Å². The summed E-state index contributed by atoms with van der Waals surface area (Å²) in [6, 6.07) is 0. The van der Waals surface area contributed by atoms with E-state index in [0.29, 0.717) is 11.8 Å². The number of nitrogens with zero attached hydrogens (tertiary/aromatic N) is 1. The van der Waals surface area contributed by atoms with Crippen LogP contribution in [0.1, 0.15) is 51.9 Å². The molecule has 1 heterocycles. The lowest BCUT2D eigenvalue weighted by Gasteiger charge is -2.32. The second kappa shape index (κ2) is 4.62. The molecule has 96 valence electrons. The van der Waals surface area contributed by atoms with Gasteiger partial charge >= 0.3 is 0 Å². The topological polar surface area (TPSA) is 20.3 Å². The fraction of sp³-hybridized carbons (Fsp3) is 0.933. The Morgan fingerprint density at radius 2 is 2.12 bits per heavy atom. The van der Waals surface area contributed by atoms with E-state index >= 15 is 0 Å². The molecular formula is C15H25NO. The van der Waals surface area contributed by atoms with Crippen LogP contribution in [0.2, 0.25) is 0 Å². The third-order valence-corrected chi connectivity index (χ3v) is 5.33. The van der Waals surface area contributed by atoms with Crippen LogP contribution in [0.15, 0.2) is 0 Å². The predicted octanol–water partition coefficient (Wildman–Crippen LogP) is 3.07. The lowest BCUT2D eigenvalue weighted by atomic mass is 9.86. The lowest BCUT2D eigenvalue weighted by Crippen LogP contribution is -2.40. The Labute approximate surface area is 105 Å². The number of piperidine rings is 1. The average molecular weight is 235 g/mol. The molecule has 4 atom stereocenters. The summed E-state index contributed by atoms with van der Waals surface area (Å²) in [7, 11) is 0.